The number of allylic oxidation sites excluding steroid dienone is 2. The van der Waals surface area contributed by atoms with Gasteiger partial charge < -0.3 is 14.4 Å². The van der Waals surface area contributed by atoms with Gasteiger partial charge >= 0.3 is 6.09 Å². The molecule has 0 aromatic heterocycles. The second-order valence-electron chi connectivity index (χ2n) is 9.67. The molecule has 0 unspecified atom stereocenters. The van der Waals surface area contributed by atoms with E-state index < -0.39 is 23.3 Å². The van der Waals surface area contributed by atoms with Crippen LogP contribution in [0.4, 0.5) is 10.5 Å². The van der Waals surface area contributed by atoms with Crippen molar-refractivity contribution < 1.29 is 19.1 Å². The van der Waals surface area contributed by atoms with Gasteiger partial charge in [0.15, 0.2) is 5.72 Å². The van der Waals surface area contributed by atoms with E-state index in [-0.39, 0.29) is 18.9 Å². The molecule has 2 aromatic rings. The Morgan fingerprint density at radius 1 is 1.06 bits per heavy atom. The van der Waals surface area contributed by atoms with Crippen molar-refractivity contribution in [1.29, 1.82) is 0 Å². The molecule has 34 heavy (non-hydrogen) atoms. The molecule has 0 bridgehead atoms. The van der Waals surface area contributed by atoms with Gasteiger partial charge in [-0.25, -0.2) is 4.79 Å². The molecule has 0 spiro atoms. The Morgan fingerprint density at radius 3 is 2.56 bits per heavy atom. The molecule has 2 amide bonds. The van der Waals surface area contributed by atoms with Gasteiger partial charge in [0.1, 0.15) is 5.60 Å². The highest BCUT2D eigenvalue weighted by Gasteiger charge is 2.42. The van der Waals surface area contributed by atoms with E-state index in [0.29, 0.717) is 6.54 Å². The summed E-state index contributed by atoms with van der Waals surface area (Å²) in [6.07, 6.45) is 7.86. The normalized spacial score (nSPS) is 21.3. The van der Waals surface area contributed by atoms with Crippen LogP contribution in [0.15, 0.2) is 78.9 Å². The Morgan fingerprint density at radius 2 is 1.79 bits per heavy atom. The molecule has 178 valence electrons. The highest BCUT2D eigenvalue weighted by atomic mass is 16.6. The Kier molecular flexibility index (Phi) is 6.89. The van der Waals surface area contributed by atoms with Crippen molar-refractivity contribution in [2.75, 3.05) is 11.4 Å². The summed E-state index contributed by atoms with van der Waals surface area (Å²) in [7, 11) is 0. The fraction of sp³-hybridized carbons (Fsp3) is 0.357. The zero-order valence-electron chi connectivity index (χ0n) is 20.0. The average Bonchev–Trinajstić information content (AvgIpc) is 3.23. The van der Waals surface area contributed by atoms with E-state index in [4.69, 9.17) is 9.47 Å². The van der Waals surface area contributed by atoms with Gasteiger partial charge in [0.25, 0.3) is 0 Å². The van der Waals surface area contributed by atoms with E-state index in [1.807, 2.05) is 92.4 Å². The van der Waals surface area contributed by atoms with Crippen LogP contribution in [0, 0.1) is 5.92 Å². The number of benzene rings is 2. The van der Waals surface area contributed by atoms with Crippen LogP contribution in [0.25, 0.3) is 0 Å². The standard InChI is InChI=1S/C28H32N2O4/c1-27(2,3)34-26(32)29-28(33-20-21-11-5-4-6-12-21)17-10-9-14-23(28)19-25(31)30-18-16-22-13-7-8-15-24(22)30/h4-15,17,23H,16,18-20H2,1-3H3,(H,29,32)/t23-,28+/m1/s1. The second-order valence-corrected chi connectivity index (χ2v) is 9.67. The fourth-order valence-electron chi connectivity index (χ4n) is 4.34. The zero-order chi connectivity index (χ0) is 24.2. The summed E-state index contributed by atoms with van der Waals surface area (Å²) in [5, 5.41) is 2.93. The van der Waals surface area contributed by atoms with Crippen molar-refractivity contribution in [2.24, 2.45) is 5.92 Å². The maximum Gasteiger partial charge on any atom is 0.410 e. The van der Waals surface area contributed by atoms with Crippen LogP contribution in [-0.4, -0.2) is 29.9 Å². The SMILES string of the molecule is CC(C)(C)OC(=O)N[C@]1(OCc2ccccc2)C=CC=C[C@@H]1CC(=O)N1CCc2ccccc21. The summed E-state index contributed by atoms with van der Waals surface area (Å²) >= 11 is 0. The molecule has 1 heterocycles. The molecule has 1 aliphatic carbocycles. The van der Waals surface area contributed by atoms with Crippen molar-refractivity contribution in [2.45, 2.75) is 51.5 Å². The summed E-state index contributed by atoms with van der Waals surface area (Å²) in [6.45, 7) is 6.36. The molecule has 0 saturated heterocycles. The minimum absolute atomic E-state index is 0.00595. The van der Waals surface area contributed by atoms with E-state index in [2.05, 4.69) is 11.4 Å². The average molecular weight is 461 g/mol. The number of anilines is 1. The number of alkyl carbamates (subject to hydrolysis) is 1. The summed E-state index contributed by atoms with van der Waals surface area (Å²) < 4.78 is 11.9. The van der Waals surface area contributed by atoms with E-state index >= 15 is 0 Å². The number of carbonyl (C=O) groups excluding carboxylic acids is 2. The van der Waals surface area contributed by atoms with E-state index in [0.717, 1.165) is 17.7 Å². The molecule has 2 aromatic carbocycles. The molecule has 0 saturated carbocycles. The molecule has 6 heteroatoms. The number of carbonyl (C=O) groups is 2. The smallest absolute Gasteiger partial charge is 0.410 e. The number of nitrogens with one attached hydrogen (secondary N) is 1. The van der Waals surface area contributed by atoms with Crippen molar-refractivity contribution in [3.8, 4) is 0 Å². The Labute approximate surface area is 201 Å². The van der Waals surface area contributed by atoms with Gasteiger partial charge in [0.2, 0.25) is 5.91 Å². The van der Waals surface area contributed by atoms with Gasteiger partial charge in [0.05, 0.1) is 6.61 Å². The fourth-order valence-corrected chi connectivity index (χ4v) is 4.34. The number of hydrogen-bond acceptors (Lipinski definition) is 4. The van der Waals surface area contributed by atoms with Crippen LogP contribution in [-0.2, 0) is 27.3 Å². The van der Waals surface area contributed by atoms with Crippen LogP contribution < -0.4 is 10.2 Å². The van der Waals surface area contributed by atoms with Crippen LogP contribution in [0.1, 0.15) is 38.3 Å². The van der Waals surface area contributed by atoms with Gasteiger partial charge in [-0.15, -0.1) is 0 Å². The first-order valence-electron chi connectivity index (χ1n) is 11.7. The summed E-state index contributed by atoms with van der Waals surface area (Å²) in [4.78, 5) is 28.1. The van der Waals surface area contributed by atoms with Gasteiger partial charge in [-0.05, 0) is 50.5 Å². The number of para-hydroxylation sites is 1. The first-order chi connectivity index (χ1) is 16.3. The topological polar surface area (TPSA) is 67.9 Å². The van der Waals surface area contributed by atoms with Crippen LogP contribution in [0.2, 0.25) is 0 Å². The Bertz CT molecular complexity index is 1090. The Hall–Kier alpha value is -3.38. The predicted molar refractivity (Wildman–Crippen MR) is 132 cm³/mol. The number of ether oxygens (including phenoxy) is 2. The minimum atomic E-state index is -1.22. The third-order valence-electron chi connectivity index (χ3n) is 5.95. The molecular formula is C28H32N2O4. The zero-order valence-corrected chi connectivity index (χ0v) is 20.0. The van der Waals surface area contributed by atoms with Crippen LogP contribution in [0.5, 0.6) is 0 Å². The second kappa shape index (κ2) is 9.85. The molecule has 1 N–H and O–H groups in total. The Balaban J connectivity index is 1.57. The lowest BCUT2D eigenvalue weighted by molar-refractivity contribution is -0.123. The highest BCUT2D eigenvalue weighted by Crippen LogP contribution is 2.34. The predicted octanol–water partition coefficient (Wildman–Crippen LogP) is 5.15. The highest BCUT2D eigenvalue weighted by molar-refractivity contribution is 5.95. The lowest BCUT2D eigenvalue weighted by Crippen LogP contribution is -2.56. The quantitative estimate of drug-likeness (QED) is 0.606. The summed E-state index contributed by atoms with van der Waals surface area (Å²) in [5.74, 6) is -0.414. The van der Waals surface area contributed by atoms with Gasteiger partial charge in [-0.2, -0.15) is 0 Å². The monoisotopic (exact) mass is 460 g/mol. The van der Waals surface area contributed by atoms with Crippen molar-refractivity contribution in [1.82, 2.24) is 5.32 Å². The number of hydrogen-bond donors (Lipinski definition) is 1. The first-order valence-corrected chi connectivity index (χ1v) is 11.7. The maximum atomic E-state index is 13.4. The van der Waals surface area contributed by atoms with Crippen LogP contribution >= 0.6 is 0 Å². The third kappa shape index (κ3) is 5.57. The minimum Gasteiger partial charge on any atom is -0.444 e. The first kappa shape index (κ1) is 23.8. The number of rotatable bonds is 6. The largest absolute Gasteiger partial charge is 0.444 e. The maximum absolute atomic E-state index is 13.4. The van der Waals surface area contributed by atoms with Crippen LogP contribution in [0.3, 0.4) is 0 Å². The van der Waals surface area contributed by atoms with Crippen molar-refractivity contribution >= 4 is 17.7 Å². The van der Waals surface area contributed by atoms with Gasteiger partial charge in [-0.3, -0.25) is 10.1 Å². The molecular weight excluding hydrogens is 428 g/mol. The summed E-state index contributed by atoms with van der Waals surface area (Å²) in [5.41, 5.74) is 1.22. The number of nitrogens with zero attached hydrogens (tertiary/aromatic N) is 1. The van der Waals surface area contributed by atoms with E-state index in [9.17, 15) is 9.59 Å². The molecule has 6 nitrogen and oxygen atoms in total. The van der Waals surface area contributed by atoms with E-state index in [1.165, 1.54) is 5.56 Å². The van der Waals surface area contributed by atoms with Crippen molar-refractivity contribution in [3.05, 3.63) is 90.0 Å². The number of amides is 2. The lowest BCUT2D eigenvalue weighted by Gasteiger charge is -2.39. The van der Waals surface area contributed by atoms with Gasteiger partial charge in [0, 0.05) is 24.6 Å². The third-order valence-corrected chi connectivity index (χ3v) is 5.95. The molecule has 2 aliphatic rings. The summed E-state index contributed by atoms with van der Waals surface area (Å²) in [6, 6.07) is 17.7. The number of fused-ring (bicyclic) bond motifs is 1. The van der Waals surface area contributed by atoms with Crippen molar-refractivity contribution in [3.63, 3.8) is 0 Å². The molecule has 0 fully saturated rings. The molecule has 4 rings (SSSR count). The molecule has 1 aliphatic heterocycles. The molecule has 2 atom stereocenters. The van der Waals surface area contributed by atoms with E-state index in [1.54, 1.807) is 6.08 Å². The molecule has 0 radical (unpaired) electrons. The van der Waals surface area contributed by atoms with Gasteiger partial charge in [-0.1, -0.05) is 66.8 Å². The lowest BCUT2D eigenvalue weighted by atomic mass is 9.87.